The number of urea groups is 1. The Morgan fingerprint density at radius 1 is 1.28 bits per heavy atom. The van der Waals surface area contributed by atoms with Crippen molar-refractivity contribution in [2.24, 2.45) is 11.7 Å². The van der Waals surface area contributed by atoms with Gasteiger partial charge in [-0.1, -0.05) is 13.8 Å². The number of amides is 3. The van der Waals surface area contributed by atoms with Crippen LogP contribution >= 0.6 is 0 Å². The number of hydrogen-bond acceptors (Lipinski definition) is 3. The molecule has 0 aromatic rings. The molecule has 0 saturated carbocycles. The Morgan fingerprint density at radius 3 is 2.22 bits per heavy atom. The number of carboxylic acids is 1. The normalized spacial score (nSPS) is 10.2. The van der Waals surface area contributed by atoms with Crippen LogP contribution in [0.5, 0.6) is 0 Å². The van der Waals surface area contributed by atoms with Gasteiger partial charge in [0.2, 0.25) is 5.91 Å². The number of carbonyl (C=O) groups is 3. The predicted molar refractivity (Wildman–Crippen MR) is 65.9 cm³/mol. The smallest absolute Gasteiger partial charge is 0.320 e. The maximum atomic E-state index is 12.0. The molecule has 0 aromatic carbocycles. The number of carboxylic acid groups (broad SMARTS) is 1. The molecule has 0 unspecified atom stereocenters. The van der Waals surface area contributed by atoms with E-state index in [1.54, 1.807) is 0 Å². The first-order chi connectivity index (χ1) is 8.23. The van der Waals surface area contributed by atoms with E-state index in [2.05, 4.69) is 0 Å². The van der Waals surface area contributed by atoms with Gasteiger partial charge in [0.1, 0.15) is 6.54 Å². The highest BCUT2D eigenvalue weighted by Gasteiger charge is 2.20. The molecule has 0 aliphatic heterocycles. The lowest BCUT2D eigenvalue weighted by atomic mass is 10.2. The molecule has 18 heavy (non-hydrogen) atoms. The van der Waals surface area contributed by atoms with Gasteiger partial charge < -0.3 is 20.6 Å². The molecule has 0 bridgehead atoms. The van der Waals surface area contributed by atoms with Crippen molar-refractivity contribution in [1.82, 2.24) is 9.80 Å². The molecule has 7 heteroatoms. The van der Waals surface area contributed by atoms with Crippen molar-refractivity contribution < 1.29 is 19.5 Å². The van der Waals surface area contributed by atoms with E-state index in [0.29, 0.717) is 6.54 Å². The first-order valence-corrected chi connectivity index (χ1v) is 5.74. The molecule has 0 saturated heterocycles. The fourth-order valence-electron chi connectivity index (χ4n) is 1.44. The second-order valence-corrected chi connectivity index (χ2v) is 4.59. The van der Waals surface area contributed by atoms with Gasteiger partial charge >= 0.3 is 12.0 Å². The minimum Gasteiger partial charge on any atom is -0.481 e. The van der Waals surface area contributed by atoms with E-state index in [-0.39, 0.29) is 31.5 Å². The van der Waals surface area contributed by atoms with E-state index in [1.807, 2.05) is 13.8 Å². The average Bonchev–Trinajstić information content (AvgIpc) is 2.22. The van der Waals surface area contributed by atoms with Crippen molar-refractivity contribution in [3.63, 3.8) is 0 Å². The number of nitrogens with two attached hydrogens (primary N) is 1. The van der Waals surface area contributed by atoms with Gasteiger partial charge in [-0.15, -0.1) is 0 Å². The number of primary amides is 1. The SMILES string of the molecule is CC(C)CN(CC(N)=O)C(=O)N(C)CCC(=O)O. The number of hydrogen-bond donors (Lipinski definition) is 2. The molecule has 3 amide bonds. The molecule has 0 aliphatic carbocycles. The van der Waals surface area contributed by atoms with E-state index >= 15 is 0 Å². The molecule has 0 spiro atoms. The van der Waals surface area contributed by atoms with E-state index in [1.165, 1.54) is 16.8 Å². The molecule has 0 aliphatic rings. The zero-order valence-electron chi connectivity index (χ0n) is 11.0. The fourth-order valence-corrected chi connectivity index (χ4v) is 1.44. The molecule has 104 valence electrons. The van der Waals surface area contributed by atoms with Gasteiger partial charge in [0.05, 0.1) is 6.42 Å². The highest BCUT2D eigenvalue weighted by Crippen LogP contribution is 2.03. The molecule has 0 rings (SSSR count). The van der Waals surface area contributed by atoms with Crippen LogP contribution in [-0.2, 0) is 9.59 Å². The van der Waals surface area contributed by atoms with Crippen molar-refractivity contribution in [2.45, 2.75) is 20.3 Å². The van der Waals surface area contributed by atoms with Crippen LogP contribution < -0.4 is 5.73 Å². The van der Waals surface area contributed by atoms with Crippen LogP contribution in [0.3, 0.4) is 0 Å². The van der Waals surface area contributed by atoms with Crippen molar-refractivity contribution >= 4 is 17.9 Å². The van der Waals surface area contributed by atoms with Gasteiger partial charge in [0.15, 0.2) is 0 Å². The summed E-state index contributed by atoms with van der Waals surface area (Å²) in [5, 5.41) is 8.55. The molecular formula is C11H21N3O4. The first-order valence-electron chi connectivity index (χ1n) is 5.74. The second kappa shape index (κ2) is 7.52. The summed E-state index contributed by atoms with van der Waals surface area (Å²) in [5.41, 5.74) is 5.08. The Hall–Kier alpha value is -1.79. The van der Waals surface area contributed by atoms with Crippen LogP contribution in [0.25, 0.3) is 0 Å². The van der Waals surface area contributed by atoms with E-state index in [4.69, 9.17) is 10.8 Å². The van der Waals surface area contributed by atoms with Gasteiger partial charge in [0.25, 0.3) is 0 Å². The van der Waals surface area contributed by atoms with Crippen LogP contribution in [-0.4, -0.2) is 59.5 Å². The topological polar surface area (TPSA) is 104 Å². The van der Waals surface area contributed by atoms with E-state index in [0.717, 1.165) is 0 Å². The molecule has 0 radical (unpaired) electrons. The third-order valence-electron chi connectivity index (χ3n) is 2.19. The number of aliphatic carboxylic acids is 1. The summed E-state index contributed by atoms with van der Waals surface area (Å²) < 4.78 is 0. The van der Waals surface area contributed by atoms with Crippen LogP contribution in [0.4, 0.5) is 4.79 Å². The Morgan fingerprint density at radius 2 is 1.83 bits per heavy atom. The zero-order valence-corrected chi connectivity index (χ0v) is 11.0. The molecule has 0 heterocycles. The minimum atomic E-state index is -0.972. The average molecular weight is 259 g/mol. The van der Waals surface area contributed by atoms with Crippen molar-refractivity contribution in [2.75, 3.05) is 26.7 Å². The highest BCUT2D eigenvalue weighted by molar-refractivity contribution is 5.83. The van der Waals surface area contributed by atoms with E-state index < -0.39 is 11.9 Å². The Bertz CT molecular complexity index is 317. The summed E-state index contributed by atoms with van der Waals surface area (Å²) in [5.74, 6) is -1.36. The van der Waals surface area contributed by atoms with Gasteiger partial charge in [-0.2, -0.15) is 0 Å². The maximum absolute atomic E-state index is 12.0. The Balaban J connectivity index is 4.52. The summed E-state index contributed by atoms with van der Waals surface area (Å²) in [6.45, 7) is 4.17. The summed E-state index contributed by atoms with van der Waals surface area (Å²) in [7, 11) is 1.50. The predicted octanol–water partition coefficient (Wildman–Crippen LogP) is -0.0438. The first kappa shape index (κ1) is 16.2. The van der Waals surface area contributed by atoms with Gasteiger partial charge in [-0.25, -0.2) is 4.79 Å². The van der Waals surface area contributed by atoms with Crippen molar-refractivity contribution in [1.29, 1.82) is 0 Å². The van der Waals surface area contributed by atoms with Crippen LogP contribution in [0, 0.1) is 5.92 Å². The third kappa shape index (κ3) is 6.72. The maximum Gasteiger partial charge on any atom is 0.320 e. The number of carbonyl (C=O) groups excluding carboxylic acids is 2. The lowest BCUT2D eigenvalue weighted by Crippen LogP contribution is -2.47. The fraction of sp³-hybridized carbons (Fsp3) is 0.727. The number of nitrogens with zero attached hydrogens (tertiary/aromatic N) is 2. The van der Waals surface area contributed by atoms with Crippen LogP contribution in [0.2, 0.25) is 0 Å². The third-order valence-corrected chi connectivity index (χ3v) is 2.19. The molecule has 0 aromatic heterocycles. The van der Waals surface area contributed by atoms with E-state index in [9.17, 15) is 14.4 Å². The van der Waals surface area contributed by atoms with Gasteiger partial charge in [0, 0.05) is 20.1 Å². The molecular weight excluding hydrogens is 238 g/mol. The van der Waals surface area contributed by atoms with Gasteiger partial charge in [-0.05, 0) is 5.92 Å². The molecule has 0 atom stereocenters. The highest BCUT2D eigenvalue weighted by atomic mass is 16.4. The summed E-state index contributed by atoms with van der Waals surface area (Å²) in [6.07, 6.45) is -0.131. The summed E-state index contributed by atoms with van der Waals surface area (Å²) >= 11 is 0. The number of rotatable bonds is 7. The molecule has 0 fully saturated rings. The lowest BCUT2D eigenvalue weighted by molar-refractivity contribution is -0.137. The van der Waals surface area contributed by atoms with Crippen LogP contribution in [0.15, 0.2) is 0 Å². The summed E-state index contributed by atoms with van der Waals surface area (Å²) in [4.78, 5) is 35.9. The largest absolute Gasteiger partial charge is 0.481 e. The van der Waals surface area contributed by atoms with Crippen molar-refractivity contribution in [3.05, 3.63) is 0 Å². The Labute approximate surface area is 107 Å². The van der Waals surface area contributed by atoms with Gasteiger partial charge in [-0.3, -0.25) is 9.59 Å². The quantitative estimate of drug-likeness (QED) is 0.669. The van der Waals surface area contributed by atoms with Crippen molar-refractivity contribution in [3.8, 4) is 0 Å². The lowest BCUT2D eigenvalue weighted by Gasteiger charge is -2.28. The second-order valence-electron chi connectivity index (χ2n) is 4.59. The summed E-state index contributed by atoms with van der Waals surface area (Å²) in [6, 6.07) is -0.385. The molecule has 7 nitrogen and oxygen atoms in total. The minimum absolute atomic E-state index is 0.0987. The zero-order chi connectivity index (χ0) is 14.3. The Kier molecular flexibility index (Phi) is 6.77. The monoisotopic (exact) mass is 259 g/mol. The molecule has 3 N–H and O–H groups in total. The van der Waals surface area contributed by atoms with Crippen LogP contribution in [0.1, 0.15) is 20.3 Å². The standard InChI is InChI=1S/C11H21N3O4/c1-8(2)6-14(7-9(12)15)11(18)13(3)5-4-10(16)17/h8H,4-7H2,1-3H3,(H2,12,15)(H,16,17).